The van der Waals surface area contributed by atoms with Crippen LogP contribution >= 0.6 is 15.9 Å². The first-order chi connectivity index (χ1) is 9.15. The van der Waals surface area contributed by atoms with Crippen LogP contribution in [0.5, 0.6) is 0 Å². The molecule has 0 heterocycles. The van der Waals surface area contributed by atoms with Crippen LogP contribution in [0.15, 0.2) is 51.5 Å². The van der Waals surface area contributed by atoms with Crippen LogP contribution in [0.3, 0.4) is 0 Å². The van der Waals surface area contributed by atoms with E-state index in [1.165, 1.54) is 39.6 Å². The summed E-state index contributed by atoms with van der Waals surface area (Å²) < 4.78 is 1.23. The summed E-state index contributed by atoms with van der Waals surface area (Å²) >= 11 is 3.66. The molecule has 19 heavy (non-hydrogen) atoms. The second-order valence-corrected chi connectivity index (χ2v) is 6.53. The van der Waals surface area contributed by atoms with Gasteiger partial charge in [-0.15, -0.1) is 0 Å². The summed E-state index contributed by atoms with van der Waals surface area (Å²) in [5.41, 5.74) is 7.41. The SMILES string of the molecule is CC1=CCC(CCC2C(C)=Cc3c(Br)cccc32)=C1. The molecule has 1 aromatic rings. The van der Waals surface area contributed by atoms with E-state index in [1.54, 1.807) is 5.57 Å². The molecule has 0 fully saturated rings. The maximum Gasteiger partial charge on any atom is 0.0250 e. The average molecular weight is 315 g/mol. The van der Waals surface area contributed by atoms with Crippen LogP contribution in [0, 0.1) is 0 Å². The summed E-state index contributed by atoms with van der Waals surface area (Å²) in [6.45, 7) is 4.46. The van der Waals surface area contributed by atoms with Crippen molar-refractivity contribution in [1.82, 2.24) is 0 Å². The first-order valence-electron chi connectivity index (χ1n) is 6.98. The Morgan fingerprint density at radius 2 is 2.05 bits per heavy atom. The van der Waals surface area contributed by atoms with E-state index >= 15 is 0 Å². The van der Waals surface area contributed by atoms with Gasteiger partial charge in [-0.1, -0.05) is 63.0 Å². The minimum atomic E-state index is 0.606. The molecule has 0 radical (unpaired) electrons. The van der Waals surface area contributed by atoms with Gasteiger partial charge in [0.1, 0.15) is 0 Å². The smallest absolute Gasteiger partial charge is 0.0250 e. The zero-order valence-corrected chi connectivity index (χ0v) is 13.1. The number of rotatable bonds is 3. The number of hydrogen-bond donors (Lipinski definition) is 0. The van der Waals surface area contributed by atoms with Gasteiger partial charge in [0.05, 0.1) is 0 Å². The summed E-state index contributed by atoms with van der Waals surface area (Å²) in [6, 6.07) is 6.57. The second-order valence-electron chi connectivity index (χ2n) is 5.68. The van der Waals surface area contributed by atoms with Gasteiger partial charge >= 0.3 is 0 Å². The van der Waals surface area contributed by atoms with E-state index < -0.39 is 0 Å². The molecule has 0 amide bonds. The van der Waals surface area contributed by atoms with E-state index in [0.29, 0.717) is 5.92 Å². The first-order valence-corrected chi connectivity index (χ1v) is 7.77. The van der Waals surface area contributed by atoms with Crippen molar-refractivity contribution in [2.75, 3.05) is 0 Å². The van der Waals surface area contributed by atoms with Crippen molar-refractivity contribution < 1.29 is 0 Å². The number of halogens is 1. The highest BCUT2D eigenvalue weighted by Gasteiger charge is 2.23. The maximum atomic E-state index is 3.66. The third-order valence-electron chi connectivity index (χ3n) is 4.26. The molecule has 0 spiro atoms. The Morgan fingerprint density at radius 3 is 2.79 bits per heavy atom. The lowest BCUT2D eigenvalue weighted by atomic mass is 9.90. The molecule has 1 atom stereocenters. The average Bonchev–Trinajstić information content (AvgIpc) is 2.92. The van der Waals surface area contributed by atoms with Crippen LogP contribution in [0.25, 0.3) is 6.08 Å². The summed E-state index contributed by atoms with van der Waals surface area (Å²) in [6.07, 6.45) is 10.6. The fourth-order valence-electron chi connectivity index (χ4n) is 3.20. The van der Waals surface area contributed by atoms with Crippen LogP contribution in [0.1, 0.15) is 50.2 Å². The molecule has 3 rings (SSSR count). The van der Waals surface area contributed by atoms with Crippen LogP contribution in [-0.4, -0.2) is 0 Å². The highest BCUT2D eigenvalue weighted by atomic mass is 79.9. The van der Waals surface area contributed by atoms with Crippen LogP contribution in [-0.2, 0) is 0 Å². The van der Waals surface area contributed by atoms with Gasteiger partial charge in [0.25, 0.3) is 0 Å². The summed E-state index contributed by atoms with van der Waals surface area (Å²) in [4.78, 5) is 0. The molecule has 2 aliphatic carbocycles. The third-order valence-corrected chi connectivity index (χ3v) is 4.95. The number of fused-ring (bicyclic) bond motifs is 1. The molecule has 2 aliphatic rings. The van der Waals surface area contributed by atoms with E-state index in [-0.39, 0.29) is 0 Å². The molecule has 1 aromatic carbocycles. The molecule has 0 N–H and O–H groups in total. The van der Waals surface area contributed by atoms with Crippen molar-refractivity contribution in [1.29, 1.82) is 0 Å². The standard InChI is InChI=1S/C18H19Br/c1-12-6-7-14(10-12)8-9-15-13(2)11-17-16(15)4-3-5-18(17)19/h3-6,10-11,15H,7-9H2,1-2H3. The lowest BCUT2D eigenvalue weighted by molar-refractivity contribution is 0.705. The Bertz CT molecular complexity index is 602. The van der Waals surface area contributed by atoms with E-state index in [0.717, 1.165) is 6.42 Å². The van der Waals surface area contributed by atoms with Crippen LogP contribution < -0.4 is 0 Å². The molecule has 0 saturated carbocycles. The number of hydrogen-bond acceptors (Lipinski definition) is 0. The summed E-state index contributed by atoms with van der Waals surface area (Å²) in [5.74, 6) is 0.606. The Morgan fingerprint density at radius 1 is 1.21 bits per heavy atom. The van der Waals surface area contributed by atoms with Crippen LogP contribution in [0.2, 0.25) is 0 Å². The van der Waals surface area contributed by atoms with E-state index in [9.17, 15) is 0 Å². The quantitative estimate of drug-likeness (QED) is 0.641. The Labute approximate surface area is 124 Å². The Hall–Kier alpha value is -1.08. The fraction of sp³-hybridized carbons (Fsp3) is 0.333. The summed E-state index contributed by atoms with van der Waals surface area (Å²) in [5, 5.41) is 0. The molecule has 1 unspecified atom stereocenters. The highest BCUT2D eigenvalue weighted by Crippen LogP contribution is 2.42. The molecule has 1 heteroatoms. The molecular weight excluding hydrogens is 296 g/mol. The number of allylic oxidation sites excluding steroid dienone is 5. The van der Waals surface area contributed by atoms with Crippen LogP contribution in [0.4, 0.5) is 0 Å². The van der Waals surface area contributed by atoms with Crippen molar-refractivity contribution in [3.05, 3.63) is 62.7 Å². The van der Waals surface area contributed by atoms with E-state index in [1.807, 2.05) is 0 Å². The zero-order chi connectivity index (χ0) is 13.4. The van der Waals surface area contributed by atoms with Gasteiger partial charge in [-0.3, -0.25) is 0 Å². The molecule has 0 aliphatic heterocycles. The van der Waals surface area contributed by atoms with Crippen molar-refractivity contribution in [2.45, 2.75) is 39.0 Å². The predicted molar refractivity (Wildman–Crippen MR) is 86.2 cm³/mol. The first kappa shape index (κ1) is 12.9. The molecule has 0 nitrogen and oxygen atoms in total. The van der Waals surface area contributed by atoms with Gasteiger partial charge < -0.3 is 0 Å². The largest absolute Gasteiger partial charge is 0.0775 e. The van der Waals surface area contributed by atoms with Gasteiger partial charge in [0.2, 0.25) is 0 Å². The van der Waals surface area contributed by atoms with E-state index in [2.05, 4.69) is 66.2 Å². The van der Waals surface area contributed by atoms with Crippen molar-refractivity contribution in [3.8, 4) is 0 Å². The molecule has 0 saturated heterocycles. The molecular formula is C18H19Br. The van der Waals surface area contributed by atoms with E-state index in [4.69, 9.17) is 0 Å². The topological polar surface area (TPSA) is 0 Å². The molecule has 98 valence electrons. The Kier molecular flexibility index (Phi) is 3.49. The van der Waals surface area contributed by atoms with Crippen molar-refractivity contribution in [2.24, 2.45) is 0 Å². The monoisotopic (exact) mass is 314 g/mol. The minimum Gasteiger partial charge on any atom is -0.0775 e. The van der Waals surface area contributed by atoms with Crippen molar-refractivity contribution in [3.63, 3.8) is 0 Å². The fourth-order valence-corrected chi connectivity index (χ4v) is 3.70. The minimum absolute atomic E-state index is 0.606. The second kappa shape index (κ2) is 5.13. The molecule has 0 aromatic heterocycles. The van der Waals surface area contributed by atoms with Gasteiger partial charge in [0.15, 0.2) is 0 Å². The maximum absolute atomic E-state index is 3.66. The van der Waals surface area contributed by atoms with Gasteiger partial charge in [-0.2, -0.15) is 0 Å². The Balaban J connectivity index is 1.75. The zero-order valence-electron chi connectivity index (χ0n) is 11.5. The third kappa shape index (κ3) is 2.49. The highest BCUT2D eigenvalue weighted by molar-refractivity contribution is 9.10. The van der Waals surface area contributed by atoms with Gasteiger partial charge in [-0.05, 0) is 50.3 Å². The normalized spacial score (nSPS) is 21.0. The summed E-state index contributed by atoms with van der Waals surface area (Å²) in [7, 11) is 0. The molecule has 0 bridgehead atoms. The van der Waals surface area contributed by atoms with Gasteiger partial charge in [-0.25, -0.2) is 0 Å². The number of benzene rings is 1. The lowest BCUT2D eigenvalue weighted by Crippen LogP contribution is -1.98. The van der Waals surface area contributed by atoms with Gasteiger partial charge in [0, 0.05) is 10.4 Å². The lowest BCUT2D eigenvalue weighted by Gasteiger charge is -2.15. The predicted octanol–water partition coefficient (Wildman–Crippen LogP) is 6.01. The van der Waals surface area contributed by atoms with Crippen molar-refractivity contribution >= 4 is 22.0 Å².